The minimum atomic E-state index is -1.21. The van der Waals surface area contributed by atoms with Crippen LogP contribution in [0.1, 0.15) is 51.1 Å². The summed E-state index contributed by atoms with van der Waals surface area (Å²) < 4.78 is 11.8. The summed E-state index contributed by atoms with van der Waals surface area (Å²) in [7, 11) is 1.57. The number of methoxy groups -OCH3 is 1. The number of amides is 3. The Morgan fingerprint density at radius 1 is 1.07 bits per heavy atom. The van der Waals surface area contributed by atoms with Crippen LogP contribution in [0.5, 0.6) is 5.75 Å². The number of carbonyl (C=O) groups excluding carboxylic acids is 3. The third kappa shape index (κ3) is 4.29. The maximum absolute atomic E-state index is 14.4. The molecule has 3 aliphatic heterocycles. The number of nitrogens with one attached hydrogen (secondary N) is 2. The molecule has 2 N–H and O–H groups in total. The van der Waals surface area contributed by atoms with Gasteiger partial charge in [-0.05, 0) is 43.4 Å². The molecule has 0 aromatic heterocycles. The van der Waals surface area contributed by atoms with Gasteiger partial charge in [-0.25, -0.2) is 0 Å². The molecule has 40 heavy (non-hydrogen) atoms. The molecule has 0 radical (unpaired) electrons. The van der Waals surface area contributed by atoms with E-state index in [1.807, 2.05) is 49.4 Å². The van der Waals surface area contributed by atoms with E-state index in [1.54, 1.807) is 36.3 Å². The number of benzene rings is 2. The molecule has 1 spiro atoms. The number of carbonyl (C=O) groups is 3. The molecule has 4 aliphatic rings. The predicted octanol–water partition coefficient (Wildman–Crippen LogP) is 4.24. The van der Waals surface area contributed by atoms with E-state index in [0.717, 1.165) is 31.2 Å². The summed E-state index contributed by atoms with van der Waals surface area (Å²) in [6, 6.07) is 15.6. The molecule has 3 fully saturated rings. The number of likely N-dealkylation sites (tertiary alicyclic amines) is 1. The van der Waals surface area contributed by atoms with Crippen molar-refractivity contribution in [1.29, 1.82) is 0 Å². The van der Waals surface area contributed by atoms with Gasteiger partial charge in [0.15, 0.2) is 0 Å². The molecule has 1 saturated carbocycles. The molecule has 210 valence electrons. The zero-order valence-corrected chi connectivity index (χ0v) is 23.2. The standard InChI is InChI=1S/C32H37N3O5/c1-19-10-7-8-15-24(19)34-30(37)28-32-17-16-25(40-32)26(29(36)33-22-13-9-14-23(18-22)39-3)27(32)31(38)35(28)20(2)21-11-5-4-6-12-21/h4-6,9,11-14,16-20,24-28H,7-8,10,15H2,1-3H3,(H,33,36)(H,34,37)/t19?,20?,24?,25-,26?,27-,28?,32?/m0/s1. The van der Waals surface area contributed by atoms with Gasteiger partial charge >= 0.3 is 0 Å². The second kappa shape index (κ2) is 10.4. The predicted molar refractivity (Wildman–Crippen MR) is 150 cm³/mol. The Hall–Kier alpha value is -3.65. The van der Waals surface area contributed by atoms with E-state index in [1.165, 1.54) is 0 Å². The first-order valence-corrected chi connectivity index (χ1v) is 14.3. The quantitative estimate of drug-likeness (QED) is 0.510. The van der Waals surface area contributed by atoms with E-state index in [9.17, 15) is 14.4 Å². The SMILES string of the molecule is COc1cccc(NC(=O)C2[C@@H]3C=CC4(O3)C(C(=O)NC3CCCCC3C)N(C(C)c3ccccc3)C(=O)[C@H]24)c1. The molecule has 6 rings (SSSR count). The van der Waals surface area contributed by atoms with Crippen LogP contribution in [0.3, 0.4) is 0 Å². The molecule has 1 aliphatic carbocycles. The van der Waals surface area contributed by atoms with E-state index < -0.39 is 29.6 Å². The fraction of sp³-hybridized carbons (Fsp3) is 0.469. The molecule has 3 amide bonds. The smallest absolute Gasteiger partial charge is 0.246 e. The number of ether oxygens (including phenoxy) is 2. The number of hydrogen-bond acceptors (Lipinski definition) is 5. The van der Waals surface area contributed by atoms with Gasteiger partial charge in [0.25, 0.3) is 0 Å². The van der Waals surface area contributed by atoms with Crippen molar-refractivity contribution in [2.45, 2.75) is 69.4 Å². The lowest BCUT2D eigenvalue weighted by molar-refractivity contribution is -0.144. The Morgan fingerprint density at radius 3 is 2.60 bits per heavy atom. The van der Waals surface area contributed by atoms with Crippen LogP contribution in [-0.2, 0) is 19.1 Å². The molecule has 2 bridgehead atoms. The van der Waals surface area contributed by atoms with Gasteiger partial charge in [-0.15, -0.1) is 0 Å². The Kier molecular flexibility index (Phi) is 6.90. The van der Waals surface area contributed by atoms with Gasteiger partial charge in [0, 0.05) is 17.8 Å². The van der Waals surface area contributed by atoms with Crippen LogP contribution in [0.2, 0.25) is 0 Å². The molecule has 8 atom stereocenters. The number of hydrogen-bond donors (Lipinski definition) is 2. The monoisotopic (exact) mass is 543 g/mol. The summed E-state index contributed by atoms with van der Waals surface area (Å²) in [5.41, 5.74) is 0.293. The second-order valence-electron chi connectivity index (χ2n) is 11.6. The van der Waals surface area contributed by atoms with Gasteiger partial charge in [-0.3, -0.25) is 14.4 Å². The lowest BCUT2D eigenvalue weighted by Crippen LogP contribution is -2.57. The number of nitrogens with zero attached hydrogens (tertiary/aromatic N) is 1. The van der Waals surface area contributed by atoms with Crippen LogP contribution in [0.25, 0.3) is 0 Å². The maximum atomic E-state index is 14.4. The highest BCUT2D eigenvalue weighted by Crippen LogP contribution is 2.56. The summed E-state index contributed by atoms with van der Waals surface area (Å²) in [4.78, 5) is 43.9. The average Bonchev–Trinajstić information content (AvgIpc) is 3.61. The van der Waals surface area contributed by atoms with Crippen molar-refractivity contribution in [1.82, 2.24) is 10.2 Å². The van der Waals surface area contributed by atoms with Gasteiger partial charge in [0.1, 0.15) is 17.4 Å². The first-order valence-electron chi connectivity index (χ1n) is 14.3. The summed E-state index contributed by atoms with van der Waals surface area (Å²) >= 11 is 0. The second-order valence-corrected chi connectivity index (χ2v) is 11.6. The number of fused-ring (bicyclic) bond motifs is 1. The lowest BCUT2D eigenvalue weighted by atomic mass is 9.74. The molecule has 3 heterocycles. The van der Waals surface area contributed by atoms with E-state index in [0.29, 0.717) is 17.4 Å². The normalized spacial score (nSPS) is 33.0. The summed E-state index contributed by atoms with van der Waals surface area (Å²) in [5, 5.41) is 6.25. The molecule has 8 nitrogen and oxygen atoms in total. The van der Waals surface area contributed by atoms with Crippen LogP contribution in [0, 0.1) is 17.8 Å². The lowest BCUT2D eigenvalue weighted by Gasteiger charge is -2.38. The summed E-state index contributed by atoms with van der Waals surface area (Å²) in [6.07, 6.45) is 7.35. The molecule has 2 aromatic carbocycles. The van der Waals surface area contributed by atoms with Crippen molar-refractivity contribution >= 4 is 23.4 Å². The highest BCUT2D eigenvalue weighted by Gasteiger charge is 2.73. The van der Waals surface area contributed by atoms with Crippen molar-refractivity contribution in [3.63, 3.8) is 0 Å². The van der Waals surface area contributed by atoms with Crippen LogP contribution >= 0.6 is 0 Å². The van der Waals surface area contributed by atoms with E-state index in [2.05, 4.69) is 17.6 Å². The van der Waals surface area contributed by atoms with Crippen LogP contribution in [0.4, 0.5) is 5.69 Å². The van der Waals surface area contributed by atoms with E-state index in [4.69, 9.17) is 9.47 Å². The van der Waals surface area contributed by atoms with Crippen molar-refractivity contribution in [3.8, 4) is 5.75 Å². The van der Waals surface area contributed by atoms with Gasteiger partial charge < -0.3 is 25.0 Å². The van der Waals surface area contributed by atoms with Crippen LogP contribution < -0.4 is 15.4 Å². The van der Waals surface area contributed by atoms with E-state index >= 15 is 0 Å². The average molecular weight is 544 g/mol. The first-order chi connectivity index (χ1) is 19.3. The molecule has 6 unspecified atom stereocenters. The Morgan fingerprint density at radius 2 is 1.85 bits per heavy atom. The number of rotatable bonds is 7. The topological polar surface area (TPSA) is 97.0 Å². The van der Waals surface area contributed by atoms with E-state index in [-0.39, 0.29) is 29.8 Å². The molecular weight excluding hydrogens is 506 g/mol. The Labute approximate surface area is 235 Å². The van der Waals surface area contributed by atoms with Gasteiger partial charge in [-0.2, -0.15) is 0 Å². The summed E-state index contributed by atoms with van der Waals surface area (Å²) in [5.74, 6) is -1.34. The molecule has 2 saturated heterocycles. The third-order valence-corrected chi connectivity index (χ3v) is 9.34. The first kappa shape index (κ1) is 26.6. The van der Waals surface area contributed by atoms with Crippen molar-refractivity contribution in [2.75, 3.05) is 12.4 Å². The fourth-order valence-electron chi connectivity index (χ4n) is 7.23. The highest BCUT2D eigenvalue weighted by molar-refractivity contribution is 6.03. The van der Waals surface area contributed by atoms with Crippen LogP contribution in [0.15, 0.2) is 66.7 Å². The minimum absolute atomic E-state index is 0.0513. The summed E-state index contributed by atoms with van der Waals surface area (Å²) in [6.45, 7) is 4.11. The van der Waals surface area contributed by atoms with Gasteiger partial charge in [0.05, 0.1) is 31.1 Å². The molecule has 8 heteroatoms. The van der Waals surface area contributed by atoms with Crippen LogP contribution in [-0.4, -0.2) is 53.5 Å². The maximum Gasteiger partial charge on any atom is 0.246 e. The largest absolute Gasteiger partial charge is 0.497 e. The Balaban J connectivity index is 1.35. The zero-order valence-electron chi connectivity index (χ0n) is 23.2. The minimum Gasteiger partial charge on any atom is -0.497 e. The van der Waals surface area contributed by atoms with Crippen molar-refractivity contribution in [3.05, 3.63) is 72.3 Å². The zero-order chi connectivity index (χ0) is 28.0. The van der Waals surface area contributed by atoms with Gasteiger partial charge in [0.2, 0.25) is 17.7 Å². The van der Waals surface area contributed by atoms with Gasteiger partial charge in [-0.1, -0.05) is 68.3 Å². The molecular formula is C32H37N3O5. The Bertz CT molecular complexity index is 1330. The third-order valence-electron chi connectivity index (χ3n) is 9.34. The number of anilines is 1. The van der Waals surface area contributed by atoms with Crippen molar-refractivity contribution in [2.24, 2.45) is 17.8 Å². The van der Waals surface area contributed by atoms with Crippen molar-refractivity contribution < 1.29 is 23.9 Å². The fourth-order valence-corrected chi connectivity index (χ4v) is 7.23. The molecule has 2 aromatic rings. The highest BCUT2D eigenvalue weighted by atomic mass is 16.5.